The lowest BCUT2D eigenvalue weighted by atomic mass is 10.2. The van der Waals surface area contributed by atoms with Gasteiger partial charge in [-0.15, -0.1) is 11.8 Å². The second kappa shape index (κ2) is 11.6. The lowest BCUT2D eigenvalue weighted by Gasteiger charge is -2.28. The minimum atomic E-state index is 0.0513. The molecule has 0 bridgehead atoms. The quantitative estimate of drug-likeness (QED) is 0.502. The van der Waals surface area contributed by atoms with Gasteiger partial charge in [-0.25, -0.2) is 0 Å². The standard InChI is InChI=1S/C23H29ClN2O3S/c1-28-13-4-11-25(16-18-5-3-6-20(24)15-18)17-22(27)26-12-14-30-23(26)19-7-9-21(29-2)10-8-19/h3,5-10,15,23H,4,11-14,16-17H2,1-2H3/t23-/m1/s1. The third-order valence-corrected chi connectivity index (χ3v) is 6.58. The minimum absolute atomic E-state index is 0.0513. The van der Waals surface area contributed by atoms with Gasteiger partial charge in [0.1, 0.15) is 11.1 Å². The Kier molecular flexibility index (Phi) is 8.88. The molecule has 0 unspecified atom stereocenters. The molecule has 7 heteroatoms. The van der Waals surface area contributed by atoms with Crippen molar-refractivity contribution in [2.45, 2.75) is 18.3 Å². The summed E-state index contributed by atoms with van der Waals surface area (Å²) in [6, 6.07) is 15.8. The average molecular weight is 449 g/mol. The van der Waals surface area contributed by atoms with Crippen molar-refractivity contribution in [2.75, 3.05) is 46.2 Å². The first-order chi connectivity index (χ1) is 14.6. The Hall–Kier alpha value is -1.73. The molecular weight excluding hydrogens is 420 g/mol. The van der Waals surface area contributed by atoms with Crippen LogP contribution < -0.4 is 4.74 Å². The van der Waals surface area contributed by atoms with Crippen LogP contribution in [0.4, 0.5) is 0 Å². The number of carbonyl (C=O) groups excluding carboxylic acids is 1. The fourth-order valence-corrected chi connectivity index (χ4v) is 5.08. The van der Waals surface area contributed by atoms with Gasteiger partial charge in [0.25, 0.3) is 0 Å². The predicted octanol–water partition coefficient (Wildman–Crippen LogP) is 4.46. The van der Waals surface area contributed by atoms with Crippen LogP contribution in [0.25, 0.3) is 0 Å². The zero-order chi connectivity index (χ0) is 21.3. The maximum atomic E-state index is 13.2. The summed E-state index contributed by atoms with van der Waals surface area (Å²) in [6.07, 6.45) is 0.876. The summed E-state index contributed by atoms with van der Waals surface area (Å²) in [5.74, 6) is 1.92. The van der Waals surface area contributed by atoms with E-state index in [0.717, 1.165) is 42.1 Å². The summed E-state index contributed by atoms with van der Waals surface area (Å²) in [4.78, 5) is 17.4. The lowest BCUT2D eigenvalue weighted by molar-refractivity contribution is -0.132. The van der Waals surface area contributed by atoms with Crippen molar-refractivity contribution in [1.82, 2.24) is 9.80 Å². The maximum Gasteiger partial charge on any atom is 0.237 e. The van der Waals surface area contributed by atoms with Crippen LogP contribution in [0.2, 0.25) is 5.02 Å². The van der Waals surface area contributed by atoms with E-state index in [-0.39, 0.29) is 11.3 Å². The number of methoxy groups -OCH3 is 2. The summed E-state index contributed by atoms with van der Waals surface area (Å²) in [5, 5.41) is 0.765. The first kappa shape index (κ1) is 22.9. The van der Waals surface area contributed by atoms with Crippen molar-refractivity contribution in [1.29, 1.82) is 0 Å². The molecule has 0 aromatic heterocycles. The minimum Gasteiger partial charge on any atom is -0.497 e. The Bertz CT molecular complexity index is 818. The van der Waals surface area contributed by atoms with Gasteiger partial charge in [-0.3, -0.25) is 9.69 Å². The molecule has 1 aliphatic rings. The van der Waals surface area contributed by atoms with Crippen LogP contribution in [-0.2, 0) is 16.1 Å². The molecule has 3 rings (SSSR count). The smallest absolute Gasteiger partial charge is 0.237 e. The number of hydrogen-bond acceptors (Lipinski definition) is 5. The highest BCUT2D eigenvalue weighted by Gasteiger charge is 2.31. The molecule has 162 valence electrons. The van der Waals surface area contributed by atoms with Crippen LogP contribution in [-0.4, -0.2) is 61.9 Å². The van der Waals surface area contributed by atoms with Gasteiger partial charge in [0.2, 0.25) is 5.91 Å². The molecule has 0 spiro atoms. The number of carbonyl (C=O) groups is 1. The molecule has 0 N–H and O–H groups in total. The van der Waals surface area contributed by atoms with E-state index in [4.69, 9.17) is 21.1 Å². The van der Waals surface area contributed by atoms with Gasteiger partial charge in [0, 0.05) is 44.1 Å². The third kappa shape index (κ3) is 6.38. The highest BCUT2D eigenvalue weighted by Crippen LogP contribution is 2.38. The van der Waals surface area contributed by atoms with E-state index in [1.807, 2.05) is 65.2 Å². The van der Waals surface area contributed by atoms with E-state index in [9.17, 15) is 4.79 Å². The Morgan fingerprint density at radius 1 is 1.23 bits per heavy atom. The molecule has 1 atom stereocenters. The Balaban J connectivity index is 1.67. The first-order valence-electron chi connectivity index (χ1n) is 10.1. The molecule has 0 radical (unpaired) electrons. The average Bonchev–Trinajstić information content (AvgIpc) is 3.24. The molecule has 0 aliphatic carbocycles. The largest absolute Gasteiger partial charge is 0.497 e. The first-order valence-corrected chi connectivity index (χ1v) is 11.5. The van der Waals surface area contributed by atoms with Crippen LogP contribution >= 0.6 is 23.4 Å². The molecule has 1 heterocycles. The normalized spacial score (nSPS) is 16.3. The van der Waals surface area contributed by atoms with E-state index < -0.39 is 0 Å². The Morgan fingerprint density at radius 2 is 2.03 bits per heavy atom. The van der Waals surface area contributed by atoms with Gasteiger partial charge in [0.05, 0.1) is 13.7 Å². The monoisotopic (exact) mass is 448 g/mol. The molecule has 2 aromatic carbocycles. The predicted molar refractivity (Wildman–Crippen MR) is 123 cm³/mol. The van der Waals surface area contributed by atoms with Gasteiger partial charge >= 0.3 is 0 Å². The SMILES string of the molecule is COCCCN(CC(=O)N1CCS[C@@H]1c1ccc(OC)cc1)Cc1cccc(Cl)c1. The summed E-state index contributed by atoms with van der Waals surface area (Å²) < 4.78 is 10.5. The lowest BCUT2D eigenvalue weighted by Crippen LogP contribution is -2.40. The van der Waals surface area contributed by atoms with Crippen LogP contribution in [0.1, 0.15) is 22.9 Å². The summed E-state index contributed by atoms with van der Waals surface area (Å²) in [6.45, 7) is 3.30. The van der Waals surface area contributed by atoms with Gasteiger partial charge in [-0.1, -0.05) is 35.9 Å². The van der Waals surface area contributed by atoms with Crippen molar-refractivity contribution < 1.29 is 14.3 Å². The summed E-state index contributed by atoms with van der Waals surface area (Å²) in [7, 11) is 3.36. The van der Waals surface area contributed by atoms with Gasteiger partial charge < -0.3 is 14.4 Å². The second-order valence-electron chi connectivity index (χ2n) is 7.27. The summed E-state index contributed by atoms with van der Waals surface area (Å²) in [5.41, 5.74) is 2.24. The van der Waals surface area contributed by atoms with Crippen LogP contribution in [0.3, 0.4) is 0 Å². The number of rotatable bonds is 10. The molecule has 30 heavy (non-hydrogen) atoms. The molecule has 1 fully saturated rings. The molecule has 1 saturated heterocycles. The molecule has 2 aromatic rings. The van der Waals surface area contributed by atoms with Crippen molar-refractivity contribution in [3.05, 3.63) is 64.7 Å². The zero-order valence-corrected chi connectivity index (χ0v) is 19.1. The Morgan fingerprint density at radius 3 is 2.73 bits per heavy atom. The highest BCUT2D eigenvalue weighted by atomic mass is 35.5. The molecule has 0 saturated carbocycles. The summed E-state index contributed by atoms with van der Waals surface area (Å²) >= 11 is 7.96. The molecule has 1 aliphatic heterocycles. The van der Waals surface area contributed by atoms with E-state index in [1.54, 1.807) is 14.2 Å². The number of nitrogens with zero attached hydrogens (tertiary/aromatic N) is 2. The van der Waals surface area contributed by atoms with Crippen molar-refractivity contribution >= 4 is 29.3 Å². The molecule has 5 nitrogen and oxygen atoms in total. The Labute approximate surface area is 188 Å². The van der Waals surface area contributed by atoms with E-state index in [1.165, 1.54) is 0 Å². The van der Waals surface area contributed by atoms with Gasteiger partial charge in [0.15, 0.2) is 0 Å². The van der Waals surface area contributed by atoms with Crippen molar-refractivity contribution in [2.24, 2.45) is 0 Å². The van der Waals surface area contributed by atoms with Crippen LogP contribution in [0.5, 0.6) is 5.75 Å². The van der Waals surface area contributed by atoms with Crippen LogP contribution in [0, 0.1) is 0 Å². The fourth-order valence-electron chi connectivity index (χ4n) is 3.59. The van der Waals surface area contributed by atoms with Crippen molar-refractivity contribution in [3.63, 3.8) is 0 Å². The fraction of sp³-hybridized carbons (Fsp3) is 0.435. The topological polar surface area (TPSA) is 42.0 Å². The number of amides is 1. The van der Waals surface area contributed by atoms with E-state index >= 15 is 0 Å². The third-order valence-electron chi connectivity index (χ3n) is 5.09. The van der Waals surface area contributed by atoms with E-state index in [0.29, 0.717) is 24.7 Å². The van der Waals surface area contributed by atoms with Crippen molar-refractivity contribution in [3.8, 4) is 5.75 Å². The highest BCUT2D eigenvalue weighted by molar-refractivity contribution is 7.99. The van der Waals surface area contributed by atoms with E-state index in [2.05, 4.69) is 4.90 Å². The van der Waals surface area contributed by atoms with Crippen LogP contribution in [0.15, 0.2) is 48.5 Å². The van der Waals surface area contributed by atoms with Gasteiger partial charge in [-0.2, -0.15) is 0 Å². The maximum absolute atomic E-state index is 13.2. The number of benzene rings is 2. The molecular formula is C23H29ClN2O3S. The number of ether oxygens (including phenoxy) is 2. The van der Waals surface area contributed by atoms with Gasteiger partial charge in [-0.05, 0) is 41.8 Å². The second-order valence-corrected chi connectivity index (χ2v) is 8.89. The number of thioether (sulfide) groups is 1. The number of hydrogen-bond donors (Lipinski definition) is 0. The zero-order valence-electron chi connectivity index (χ0n) is 17.6. The molecule has 1 amide bonds. The number of halogens is 1.